The number of benzene rings is 1. The van der Waals surface area contributed by atoms with Gasteiger partial charge in [-0.3, -0.25) is 9.59 Å². The minimum absolute atomic E-state index is 0.121. The number of hydrogen-bond donors (Lipinski definition) is 2. The largest absolute Gasteiger partial charge is 0.493 e. The molecule has 8 nitrogen and oxygen atoms in total. The highest BCUT2D eigenvalue weighted by Gasteiger charge is 2.29. The highest BCUT2D eigenvalue weighted by molar-refractivity contribution is 6.06. The number of ether oxygens (including phenoxy) is 2. The number of amides is 1. The van der Waals surface area contributed by atoms with Crippen LogP contribution in [0, 0.1) is 28.6 Å². The van der Waals surface area contributed by atoms with Crippen LogP contribution in [0.25, 0.3) is 0 Å². The van der Waals surface area contributed by atoms with Crippen molar-refractivity contribution < 1.29 is 23.9 Å². The van der Waals surface area contributed by atoms with E-state index in [2.05, 4.69) is 5.32 Å². The zero-order valence-corrected chi connectivity index (χ0v) is 16.4. The molecule has 0 saturated carbocycles. The Balaban J connectivity index is 2.84. The molecule has 0 fully saturated rings. The van der Waals surface area contributed by atoms with Crippen molar-refractivity contribution in [2.45, 2.75) is 33.7 Å². The Kier molecular flexibility index (Phi) is 8.82. The first kappa shape index (κ1) is 22.8. The van der Waals surface area contributed by atoms with Gasteiger partial charge in [0.05, 0.1) is 18.2 Å². The van der Waals surface area contributed by atoms with Crippen LogP contribution >= 0.6 is 0 Å². The Morgan fingerprint density at radius 2 is 1.89 bits per heavy atom. The average molecular weight is 387 g/mol. The van der Waals surface area contributed by atoms with Crippen LogP contribution in [0.4, 0.5) is 0 Å². The van der Waals surface area contributed by atoms with Gasteiger partial charge in [0.15, 0.2) is 12.4 Å². The SMILES string of the molecule is CCOc1ccccc1C(=O)N[C@H](C(=O)OCC(=O)[C@H](C#N)C(C)=N)C(C)C. The average Bonchev–Trinajstić information content (AvgIpc) is 2.64. The number of nitrogens with zero attached hydrogens (tertiary/aromatic N) is 1. The molecule has 150 valence electrons. The molecule has 0 aliphatic carbocycles. The zero-order chi connectivity index (χ0) is 21.3. The number of Topliss-reactive ketones (excluding diaryl/α,β-unsaturated/α-hetero) is 1. The van der Waals surface area contributed by atoms with Crippen LogP contribution in [0.2, 0.25) is 0 Å². The fourth-order valence-electron chi connectivity index (χ4n) is 2.38. The van der Waals surface area contributed by atoms with Crippen LogP contribution in [-0.4, -0.2) is 42.6 Å². The van der Waals surface area contributed by atoms with Gasteiger partial charge < -0.3 is 20.2 Å². The van der Waals surface area contributed by atoms with E-state index in [9.17, 15) is 14.4 Å². The van der Waals surface area contributed by atoms with E-state index in [0.717, 1.165) is 0 Å². The summed E-state index contributed by atoms with van der Waals surface area (Å²) in [4.78, 5) is 36.9. The first-order valence-electron chi connectivity index (χ1n) is 8.89. The van der Waals surface area contributed by atoms with Gasteiger partial charge in [-0.15, -0.1) is 0 Å². The van der Waals surface area contributed by atoms with Gasteiger partial charge in [0, 0.05) is 5.71 Å². The number of carbonyl (C=O) groups excluding carboxylic acids is 3. The van der Waals surface area contributed by atoms with Crippen LogP contribution in [0.5, 0.6) is 5.75 Å². The summed E-state index contributed by atoms with van der Waals surface area (Å²) in [6, 6.07) is 7.36. The number of para-hydroxylation sites is 1. The Hall–Kier alpha value is -3.21. The van der Waals surface area contributed by atoms with Crippen molar-refractivity contribution in [2.24, 2.45) is 11.8 Å². The monoisotopic (exact) mass is 387 g/mol. The Morgan fingerprint density at radius 3 is 2.43 bits per heavy atom. The summed E-state index contributed by atoms with van der Waals surface area (Å²) in [6.07, 6.45) is 0. The van der Waals surface area contributed by atoms with Crippen molar-refractivity contribution in [1.82, 2.24) is 5.32 Å². The van der Waals surface area contributed by atoms with Gasteiger partial charge in [-0.25, -0.2) is 4.79 Å². The molecule has 0 aromatic heterocycles. The van der Waals surface area contributed by atoms with Gasteiger partial charge in [0.2, 0.25) is 0 Å². The van der Waals surface area contributed by atoms with Crippen molar-refractivity contribution in [3.05, 3.63) is 29.8 Å². The van der Waals surface area contributed by atoms with E-state index in [1.165, 1.54) is 6.92 Å². The van der Waals surface area contributed by atoms with Crippen LogP contribution in [-0.2, 0) is 14.3 Å². The fourth-order valence-corrected chi connectivity index (χ4v) is 2.38. The molecule has 1 amide bonds. The maximum absolute atomic E-state index is 12.6. The van der Waals surface area contributed by atoms with Crippen LogP contribution < -0.4 is 10.1 Å². The molecule has 2 atom stereocenters. The van der Waals surface area contributed by atoms with E-state index in [1.54, 1.807) is 51.1 Å². The van der Waals surface area contributed by atoms with E-state index in [0.29, 0.717) is 12.4 Å². The first-order valence-corrected chi connectivity index (χ1v) is 8.89. The predicted octanol–water partition coefficient (Wildman–Crippen LogP) is 2.13. The maximum Gasteiger partial charge on any atom is 0.329 e. The Morgan fingerprint density at radius 1 is 1.25 bits per heavy atom. The third-order valence-corrected chi connectivity index (χ3v) is 3.88. The van der Waals surface area contributed by atoms with Crippen LogP contribution in [0.3, 0.4) is 0 Å². The molecule has 1 aromatic carbocycles. The normalized spacial score (nSPS) is 12.4. The quantitative estimate of drug-likeness (QED) is 0.467. The van der Waals surface area contributed by atoms with E-state index < -0.39 is 36.2 Å². The summed E-state index contributed by atoms with van der Waals surface area (Å²) in [7, 11) is 0. The number of hydrogen-bond acceptors (Lipinski definition) is 7. The lowest BCUT2D eigenvalue weighted by atomic mass is 10.0. The molecule has 0 radical (unpaired) electrons. The molecule has 0 aliphatic heterocycles. The summed E-state index contributed by atoms with van der Waals surface area (Å²) in [5.74, 6) is -3.13. The van der Waals surface area contributed by atoms with Gasteiger partial charge in [-0.1, -0.05) is 26.0 Å². The number of esters is 1. The molecular weight excluding hydrogens is 362 g/mol. The lowest BCUT2D eigenvalue weighted by Gasteiger charge is -2.21. The standard InChI is InChI=1S/C20H25N3O5/c1-5-27-17-9-7-6-8-14(17)19(25)23-18(12(2)3)20(26)28-11-16(24)15(10-21)13(4)22/h6-9,12,15,18,22H,5,11H2,1-4H3,(H,23,25)/t15-,18+/m1/s1. The number of carbonyl (C=O) groups is 3. The summed E-state index contributed by atoms with van der Waals surface area (Å²) < 4.78 is 10.4. The second-order valence-corrected chi connectivity index (χ2v) is 6.44. The lowest BCUT2D eigenvalue weighted by Crippen LogP contribution is -2.46. The van der Waals surface area contributed by atoms with Crippen molar-refractivity contribution >= 4 is 23.4 Å². The van der Waals surface area contributed by atoms with Gasteiger partial charge in [0.1, 0.15) is 17.7 Å². The smallest absolute Gasteiger partial charge is 0.329 e. The van der Waals surface area contributed by atoms with Crippen molar-refractivity contribution in [1.29, 1.82) is 10.7 Å². The summed E-state index contributed by atoms with van der Waals surface area (Å²) >= 11 is 0. The highest BCUT2D eigenvalue weighted by Crippen LogP contribution is 2.18. The third kappa shape index (κ3) is 6.20. The Bertz CT molecular complexity index is 782. The topological polar surface area (TPSA) is 129 Å². The summed E-state index contributed by atoms with van der Waals surface area (Å²) in [6.45, 7) is 6.33. The lowest BCUT2D eigenvalue weighted by molar-refractivity contribution is -0.151. The van der Waals surface area contributed by atoms with Crippen LogP contribution in [0.1, 0.15) is 38.1 Å². The van der Waals surface area contributed by atoms with E-state index in [4.69, 9.17) is 20.1 Å². The molecule has 2 N–H and O–H groups in total. The van der Waals surface area contributed by atoms with E-state index in [-0.39, 0.29) is 17.2 Å². The molecule has 1 aromatic rings. The summed E-state index contributed by atoms with van der Waals surface area (Å²) in [5, 5.41) is 18.9. The molecule has 0 saturated heterocycles. The van der Waals surface area contributed by atoms with Crippen molar-refractivity contribution in [3.63, 3.8) is 0 Å². The molecule has 0 aliphatic rings. The Labute approximate surface area is 164 Å². The fraction of sp³-hybridized carbons (Fsp3) is 0.450. The maximum atomic E-state index is 12.6. The number of nitrogens with one attached hydrogen (secondary N) is 2. The van der Waals surface area contributed by atoms with Gasteiger partial charge >= 0.3 is 5.97 Å². The van der Waals surface area contributed by atoms with Gasteiger partial charge in [-0.2, -0.15) is 5.26 Å². The molecule has 0 heterocycles. The molecule has 8 heteroatoms. The van der Waals surface area contributed by atoms with E-state index >= 15 is 0 Å². The number of ketones is 1. The number of rotatable bonds is 10. The molecule has 0 bridgehead atoms. The first-order chi connectivity index (χ1) is 13.2. The zero-order valence-electron chi connectivity index (χ0n) is 16.4. The van der Waals surface area contributed by atoms with Gasteiger partial charge in [-0.05, 0) is 31.9 Å². The summed E-state index contributed by atoms with van der Waals surface area (Å²) in [5.41, 5.74) is 0.160. The van der Waals surface area contributed by atoms with Crippen LogP contribution in [0.15, 0.2) is 24.3 Å². The van der Waals surface area contributed by atoms with Crippen molar-refractivity contribution in [2.75, 3.05) is 13.2 Å². The second-order valence-electron chi connectivity index (χ2n) is 6.44. The number of nitriles is 1. The minimum atomic E-state index is -1.25. The van der Waals surface area contributed by atoms with Crippen molar-refractivity contribution in [3.8, 4) is 11.8 Å². The molecule has 1 rings (SSSR count). The molecule has 28 heavy (non-hydrogen) atoms. The third-order valence-electron chi connectivity index (χ3n) is 3.88. The van der Waals surface area contributed by atoms with Gasteiger partial charge in [0.25, 0.3) is 5.91 Å². The minimum Gasteiger partial charge on any atom is -0.493 e. The molecule has 0 spiro atoms. The highest BCUT2D eigenvalue weighted by atomic mass is 16.5. The molecular formula is C20H25N3O5. The predicted molar refractivity (Wildman–Crippen MR) is 102 cm³/mol. The molecule has 0 unspecified atom stereocenters. The second kappa shape index (κ2) is 10.8. The van der Waals surface area contributed by atoms with E-state index in [1.807, 2.05) is 0 Å².